The molecule has 4 nitrogen and oxygen atoms in total. The molecular weight excluding hydrogens is 240 g/mol. The quantitative estimate of drug-likeness (QED) is 0.850. The highest BCUT2D eigenvalue weighted by atomic mass is 16.5. The number of ether oxygens (including phenoxy) is 2. The van der Waals surface area contributed by atoms with E-state index >= 15 is 0 Å². The van der Waals surface area contributed by atoms with E-state index in [2.05, 4.69) is 17.4 Å². The van der Waals surface area contributed by atoms with Crippen molar-refractivity contribution in [2.24, 2.45) is 11.7 Å². The molecule has 104 valence electrons. The van der Waals surface area contributed by atoms with Gasteiger partial charge in [-0.25, -0.2) is 0 Å². The summed E-state index contributed by atoms with van der Waals surface area (Å²) in [4.78, 5) is 0. The van der Waals surface area contributed by atoms with Crippen molar-refractivity contribution in [3.05, 3.63) is 23.8 Å². The SMILES string of the molecule is NCC(NCC1CC1)c1ccc2c(c1)OCCCO2. The third-order valence-electron chi connectivity index (χ3n) is 3.76. The summed E-state index contributed by atoms with van der Waals surface area (Å²) in [6.07, 6.45) is 3.64. The molecule has 1 atom stereocenters. The van der Waals surface area contributed by atoms with Crippen molar-refractivity contribution >= 4 is 0 Å². The minimum atomic E-state index is 0.206. The highest BCUT2D eigenvalue weighted by Crippen LogP contribution is 2.33. The summed E-state index contributed by atoms with van der Waals surface area (Å²) in [5, 5.41) is 3.55. The minimum Gasteiger partial charge on any atom is -0.490 e. The van der Waals surface area contributed by atoms with Gasteiger partial charge in [0.25, 0.3) is 0 Å². The first-order valence-electron chi connectivity index (χ1n) is 7.20. The summed E-state index contributed by atoms with van der Waals surface area (Å²) in [6.45, 7) is 3.12. The number of benzene rings is 1. The molecule has 1 aromatic rings. The van der Waals surface area contributed by atoms with E-state index in [1.54, 1.807) is 0 Å². The summed E-state index contributed by atoms with van der Waals surface area (Å²) in [5.41, 5.74) is 7.07. The average Bonchev–Trinajstić information content (AvgIpc) is 3.25. The van der Waals surface area contributed by atoms with Crippen LogP contribution < -0.4 is 20.5 Å². The molecule has 4 heteroatoms. The van der Waals surface area contributed by atoms with E-state index in [1.807, 2.05) is 6.07 Å². The molecule has 0 bridgehead atoms. The van der Waals surface area contributed by atoms with Crippen LogP contribution in [-0.4, -0.2) is 26.3 Å². The fraction of sp³-hybridized carbons (Fsp3) is 0.600. The molecule has 19 heavy (non-hydrogen) atoms. The maximum atomic E-state index is 5.88. The number of hydrogen-bond acceptors (Lipinski definition) is 4. The molecule has 1 saturated carbocycles. The lowest BCUT2D eigenvalue weighted by Crippen LogP contribution is -2.29. The molecule has 3 rings (SSSR count). The zero-order chi connectivity index (χ0) is 13.1. The second kappa shape index (κ2) is 5.80. The van der Waals surface area contributed by atoms with Crippen molar-refractivity contribution in [3.63, 3.8) is 0 Å². The third kappa shape index (κ3) is 3.19. The van der Waals surface area contributed by atoms with Gasteiger partial charge in [0.1, 0.15) is 0 Å². The van der Waals surface area contributed by atoms with Gasteiger partial charge in [0.05, 0.1) is 13.2 Å². The van der Waals surface area contributed by atoms with Crippen LogP contribution in [0.5, 0.6) is 11.5 Å². The molecule has 0 saturated heterocycles. The molecule has 1 aliphatic carbocycles. The molecule has 1 fully saturated rings. The van der Waals surface area contributed by atoms with Gasteiger partial charge in [0.2, 0.25) is 0 Å². The van der Waals surface area contributed by atoms with Gasteiger partial charge in [-0.1, -0.05) is 6.07 Å². The van der Waals surface area contributed by atoms with E-state index in [4.69, 9.17) is 15.2 Å². The Hall–Kier alpha value is -1.26. The molecule has 1 aliphatic heterocycles. The van der Waals surface area contributed by atoms with Crippen molar-refractivity contribution in [3.8, 4) is 11.5 Å². The topological polar surface area (TPSA) is 56.5 Å². The van der Waals surface area contributed by atoms with Crippen molar-refractivity contribution in [2.45, 2.75) is 25.3 Å². The van der Waals surface area contributed by atoms with Gasteiger partial charge in [-0.3, -0.25) is 0 Å². The van der Waals surface area contributed by atoms with Crippen molar-refractivity contribution < 1.29 is 9.47 Å². The molecule has 0 amide bonds. The number of hydrogen-bond donors (Lipinski definition) is 2. The van der Waals surface area contributed by atoms with E-state index in [-0.39, 0.29) is 6.04 Å². The first kappa shape index (κ1) is 12.8. The highest BCUT2D eigenvalue weighted by molar-refractivity contribution is 5.44. The number of rotatable bonds is 5. The first-order valence-corrected chi connectivity index (χ1v) is 7.20. The Bertz CT molecular complexity index is 432. The van der Waals surface area contributed by atoms with Gasteiger partial charge < -0.3 is 20.5 Å². The summed E-state index contributed by atoms with van der Waals surface area (Å²) in [7, 11) is 0. The van der Waals surface area contributed by atoms with Gasteiger partial charge in [0.15, 0.2) is 11.5 Å². The van der Waals surface area contributed by atoms with Crippen LogP contribution in [0, 0.1) is 5.92 Å². The molecule has 1 aromatic carbocycles. The average molecular weight is 262 g/mol. The maximum Gasteiger partial charge on any atom is 0.161 e. The fourth-order valence-corrected chi connectivity index (χ4v) is 2.36. The van der Waals surface area contributed by atoms with Gasteiger partial charge in [-0.05, 0) is 43.0 Å². The molecule has 0 radical (unpaired) electrons. The van der Waals surface area contributed by atoms with Crippen LogP contribution in [0.15, 0.2) is 18.2 Å². The predicted octanol–water partition coefficient (Wildman–Crippen LogP) is 1.85. The van der Waals surface area contributed by atoms with E-state index in [0.717, 1.165) is 43.6 Å². The summed E-state index contributed by atoms with van der Waals surface area (Å²) in [5.74, 6) is 2.55. The monoisotopic (exact) mass is 262 g/mol. The lowest BCUT2D eigenvalue weighted by atomic mass is 10.1. The molecule has 1 heterocycles. The molecule has 2 aliphatic rings. The van der Waals surface area contributed by atoms with Crippen molar-refractivity contribution in [2.75, 3.05) is 26.3 Å². The zero-order valence-corrected chi connectivity index (χ0v) is 11.2. The van der Waals surface area contributed by atoms with E-state index < -0.39 is 0 Å². The largest absolute Gasteiger partial charge is 0.490 e. The molecular formula is C15H22N2O2. The summed E-state index contributed by atoms with van der Waals surface area (Å²) < 4.78 is 11.4. The van der Waals surface area contributed by atoms with E-state index in [0.29, 0.717) is 6.54 Å². The Morgan fingerprint density at radius 1 is 1.21 bits per heavy atom. The third-order valence-corrected chi connectivity index (χ3v) is 3.76. The van der Waals surface area contributed by atoms with Crippen LogP contribution in [0.3, 0.4) is 0 Å². The molecule has 1 unspecified atom stereocenters. The minimum absolute atomic E-state index is 0.206. The number of nitrogens with one attached hydrogen (secondary N) is 1. The Kier molecular flexibility index (Phi) is 3.89. The number of nitrogens with two attached hydrogens (primary N) is 1. The van der Waals surface area contributed by atoms with Crippen LogP contribution in [0.1, 0.15) is 30.9 Å². The second-order valence-corrected chi connectivity index (χ2v) is 5.40. The van der Waals surface area contributed by atoms with E-state index in [9.17, 15) is 0 Å². The van der Waals surface area contributed by atoms with Gasteiger partial charge >= 0.3 is 0 Å². The lowest BCUT2D eigenvalue weighted by molar-refractivity contribution is 0.297. The summed E-state index contributed by atoms with van der Waals surface area (Å²) in [6, 6.07) is 6.36. The molecule has 0 aromatic heterocycles. The van der Waals surface area contributed by atoms with Gasteiger partial charge in [0, 0.05) is 19.0 Å². The van der Waals surface area contributed by atoms with Crippen LogP contribution in [0.25, 0.3) is 0 Å². The van der Waals surface area contributed by atoms with Crippen LogP contribution in [-0.2, 0) is 0 Å². The Labute approximate surface area is 114 Å². The van der Waals surface area contributed by atoms with Crippen LogP contribution >= 0.6 is 0 Å². The Morgan fingerprint density at radius 3 is 2.74 bits per heavy atom. The van der Waals surface area contributed by atoms with Gasteiger partial charge in [-0.15, -0.1) is 0 Å². The lowest BCUT2D eigenvalue weighted by Gasteiger charge is -2.18. The van der Waals surface area contributed by atoms with Gasteiger partial charge in [-0.2, -0.15) is 0 Å². The fourth-order valence-electron chi connectivity index (χ4n) is 2.36. The van der Waals surface area contributed by atoms with E-state index in [1.165, 1.54) is 18.4 Å². The Balaban J connectivity index is 1.72. The predicted molar refractivity (Wildman–Crippen MR) is 74.6 cm³/mol. The number of fused-ring (bicyclic) bond motifs is 1. The van der Waals surface area contributed by atoms with Crippen LogP contribution in [0.4, 0.5) is 0 Å². The standard InChI is InChI=1S/C15H22N2O2/c16-9-13(17-10-11-2-3-11)12-4-5-14-15(8-12)19-7-1-6-18-14/h4-5,8,11,13,17H,1-3,6-7,9-10,16H2. The van der Waals surface area contributed by atoms with Crippen molar-refractivity contribution in [1.82, 2.24) is 5.32 Å². The van der Waals surface area contributed by atoms with Crippen molar-refractivity contribution in [1.29, 1.82) is 0 Å². The first-order chi connectivity index (χ1) is 9.36. The zero-order valence-electron chi connectivity index (χ0n) is 11.2. The smallest absolute Gasteiger partial charge is 0.161 e. The normalized spacial score (nSPS) is 19.8. The Morgan fingerprint density at radius 2 is 2.00 bits per heavy atom. The molecule has 3 N–H and O–H groups in total. The second-order valence-electron chi connectivity index (χ2n) is 5.40. The molecule has 0 spiro atoms. The highest BCUT2D eigenvalue weighted by Gasteiger charge is 2.23. The summed E-state index contributed by atoms with van der Waals surface area (Å²) >= 11 is 0. The maximum absolute atomic E-state index is 5.88. The van der Waals surface area contributed by atoms with Crippen LogP contribution in [0.2, 0.25) is 0 Å².